The Morgan fingerprint density at radius 2 is 1.90 bits per heavy atom. The molecule has 3 rings (SSSR count). The Balaban J connectivity index is 2.26. The summed E-state index contributed by atoms with van der Waals surface area (Å²) in [6.07, 6.45) is 1.94. The summed E-state index contributed by atoms with van der Waals surface area (Å²) in [6.45, 7) is 0. The third kappa shape index (κ3) is 2.09. The number of ether oxygens (including phenoxy) is 2. The predicted molar refractivity (Wildman–Crippen MR) is 81.6 cm³/mol. The van der Waals surface area contributed by atoms with Crippen LogP contribution in [-0.2, 0) is 0 Å². The van der Waals surface area contributed by atoms with E-state index >= 15 is 0 Å². The van der Waals surface area contributed by atoms with Crippen LogP contribution in [0, 0.1) is 11.3 Å². The Kier molecular flexibility index (Phi) is 3.25. The highest BCUT2D eigenvalue weighted by atomic mass is 16.5. The van der Waals surface area contributed by atoms with Gasteiger partial charge in [0.25, 0.3) is 0 Å². The molecule has 0 saturated carbocycles. The SMILES string of the molecule is COc1cc(-c2c[nH]c3ccccc23)cc(C#N)c1OC. The first-order valence-electron chi connectivity index (χ1n) is 6.51. The molecule has 0 aliphatic heterocycles. The van der Waals surface area contributed by atoms with Gasteiger partial charge in [-0.1, -0.05) is 18.2 Å². The summed E-state index contributed by atoms with van der Waals surface area (Å²) < 4.78 is 10.6. The number of nitriles is 1. The van der Waals surface area contributed by atoms with Gasteiger partial charge in [-0.2, -0.15) is 5.26 Å². The van der Waals surface area contributed by atoms with Gasteiger partial charge in [-0.25, -0.2) is 0 Å². The summed E-state index contributed by atoms with van der Waals surface area (Å²) in [5, 5.41) is 10.4. The number of methoxy groups -OCH3 is 2. The number of aromatic amines is 1. The lowest BCUT2D eigenvalue weighted by Crippen LogP contribution is -1.94. The van der Waals surface area contributed by atoms with Crippen LogP contribution in [0.1, 0.15) is 5.56 Å². The monoisotopic (exact) mass is 278 g/mol. The molecule has 0 amide bonds. The van der Waals surface area contributed by atoms with Crippen LogP contribution in [0.3, 0.4) is 0 Å². The van der Waals surface area contributed by atoms with Crippen molar-refractivity contribution in [1.29, 1.82) is 5.26 Å². The maximum absolute atomic E-state index is 9.31. The first-order valence-corrected chi connectivity index (χ1v) is 6.51. The molecule has 0 aliphatic rings. The van der Waals surface area contributed by atoms with Crippen LogP contribution < -0.4 is 9.47 Å². The Morgan fingerprint density at radius 1 is 1.10 bits per heavy atom. The minimum absolute atomic E-state index is 0.456. The van der Waals surface area contributed by atoms with Crippen LogP contribution in [0.4, 0.5) is 0 Å². The molecule has 0 aliphatic carbocycles. The molecule has 1 heterocycles. The Hall–Kier alpha value is -2.93. The third-order valence-electron chi connectivity index (χ3n) is 3.50. The van der Waals surface area contributed by atoms with Gasteiger partial charge >= 0.3 is 0 Å². The van der Waals surface area contributed by atoms with Crippen molar-refractivity contribution < 1.29 is 9.47 Å². The van der Waals surface area contributed by atoms with E-state index in [1.807, 2.05) is 42.6 Å². The van der Waals surface area contributed by atoms with Crippen molar-refractivity contribution in [2.45, 2.75) is 0 Å². The van der Waals surface area contributed by atoms with Crippen molar-refractivity contribution in [2.75, 3.05) is 14.2 Å². The molecule has 0 bridgehead atoms. The number of fused-ring (bicyclic) bond motifs is 1. The number of para-hydroxylation sites is 1. The average Bonchev–Trinajstić information content (AvgIpc) is 2.97. The minimum atomic E-state index is 0.456. The van der Waals surface area contributed by atoms with Crippen LogP contribution in [0.25, 0.3) is 22.0 Å². The van der Waals surface area contributed by atoms with Crippen LogP contribution in [0.15, 0.2) is 42.6 Å². The fourth-order valence-corrected chi connectivity index (χ4v) is 2.51. The molecule has 21 heavy (non-hydrogen) atoms. The fourth-order valence-electron chi connectivity index (χ4n) is 2.51. The van der Waals surface area contributed by atoms with E-state index in [2.05, 4.69) is 11.1 Å². The molecule has 1 N–H and O–H groups in total. The van der Waals surface area contributed by atoms with Gasteiger partial charge in [0.15, 0.2) is 11.5 Å². The van der Waals surface area contributed by atoms with E-state index in [0.717, 1.165) is 22.0 Å². The van der Waals surface area contributed by atoms with Gasteiger partial charge in [0.1, 0.15) is 6.07 Å². The molecule has 0 saturated heterocycles. The second kappa shape index (κ2) is 5.22. The molecule has 2 aromatic carbocycles. The standard InChI is InChI=1S/C17H14N2O2/c1-20-16-8-11(7-12(9-18)17(16)21-2)14-10-19-15-6-4-3-5-13(14)15/h3-8,10,19H,1-2H3. The van der Waals surface area contributed by atoms with E-state index in [1.54, 1.807) is 7.11 Å². The van der Waals surface area contributed by atoms with Crippen molar-refractivity contribution in [1.82, 2.24) is 4.98 Å². The summed E-state index contributed by atoms with van der Waals surface area (Å²) in [5.41, 5.74) is 3.46. The van der Waals surface area contributed by atoms with Crippen molar-refractivity contribution >= 4 is 10.9 Å². The average molecular weight is 278 g/mol. The highest BCUT2D eigenvalue weighted by molar-refractivity contribution is 5.96. The number of aromatic nitrogens is 1. The quantitative estimate of drug-likeness (QED) is 0.794. The molecule has 0 spiro atoms. The van der Waals surface area contributed by atoms with Gasteiger partial charge in [0.2, 0.25) is 0 Å². The highest BCUT2D eigenvalue weighted by Gasteiger charge is 2.15. The number of benzene rings is 2. The molecule has 3 aromatic rings. The van der Waals surface area contributed by atoms with Crippen molar-refractivity contribution in [3.05, 3.63) is 48.2 Å². The maximum Gasteiger partial charge on any atom is 0.178 e. The van der Waals surface area contributed by atoms with Crippen LogP contribution in [0.5, 0.6) is 11.5 Å². The van der Waals surface area contributed by atoms with E-state index in [-0.39, 0.29) is 0 Å². The second-order valence-corrected chi connectivity index (χ2v) is 4.62. The maximum atomic E-state index is 9.31. The van der Waals surface area contributed by atoms with Crippen molar-refractivity contribution in [3.63, 3.8) is 0 Å². The summed E-state index contributed by atoms with van der Waals surface area (Å²) in [5.74, 6) is 1.01. The van der Waals surface area contributed by atoms with E-state index < -0.39 is 0 Å². The zero-order valence-electron chi connectivity index (χ0n) is 11.8. The molecule has 0 fully saturated rings. The topological polar surface area (TPSA) is 58.0 Å². The lowest BCUT2D eigenvalue weighted by atomic mass is 10.0. The van der Waals surface area contributed by atoms with E-state index in [1.165, 1.54) is 7.11 Å². The number of rotatable bonds is 3. The minimum Gasteiger partial charge on any atom is -0.493 e. The Labute approximate surface area is 122 Å². The van der Waals surface area contributed by atoms with Crippen LogP contribution in [-0.4, -0.2) is 19.2 Å². The molecular weight excluding hydrogens is 264 g/mol. The second-order valence-electron chi connectivity index (χ2n) is 4.62. The van der Waals surface area contributed by atoms with Gasteiger partial charge in [0, 0.05) is 22.7 Å². The largest absolute Gasteiger partial charge is 0.493 e. The van der Waals surface area contributed by atoms with Crippen molar-refractivity contribution in [2.24, 2.45) is 0 Å². The first-order chi connectivity index (χ1) is 10.3. The summed E-state index contributed by atoms with van der Waals surface area (Å²) in [7, 11) is 3.10. The zero-order chi connectivity index (χ0) is 14.8. The van der Waals surface area contributed by atoms with Gasteiger partial charge in [-0.05, 0) is 23.8 Å². The lowest BCUT2D eigenvalue weighted by molar-refractivity contribution is 0.354. The van der Waals surface area contributed by atoms with E-state index in [0.29, 0.717) is 17.1 Å². The zero-order valence-corrected chi connectivity index (χ0v) is 11.8. The smallest absolute Gasteiger partial charge is 0.178 e. The third-order valence-corrected chi connectivity index (χ3v) is 3.50. The molecule has 4 heteroatoms. The molecule has 4 nitrogen and oxygen atoms in total. The fraction of sp³-hybridized carbons (Fsp3) is 0.118. The van der Waals surface area contributed by atoms with Gasteiger partial charge in [-0.15, -0.1) is 0 Å². The van der Waals surface area contributed by atoms with E-state index in [4.69, 9.17) is 9.47 Å². The van der Waals surface area contributed by atoms with Crippen LogP contribution in [0.2, 0.25) is 0 Å². The normalized spacial score (nSPS) is 10.3. The number of nitrogens with one attached hydrogen (secondary N) is 1. The molecule has 0 radical (unpaired) electrons. The summed E-state index contributed by atoms with van der Waals surface area (Å²) in [4.78, 5) is 3.24. The Morgan fingerprint density at radius 3 is 2.62 bits per heavy atom. The predicted octanol–water partition coefficient (Wildman–Crippen LogP) is 3.72. The summed E-state index contributed by atoms with van der Waals surface area (Å²) >= 11 is 0. The molecule has 104 valence electrons. The number of hydrogen-bond acceptors (Lipinski definition) is 3. The van der Waals surface area contributed by atoms with Gasteiger partial charge < -0.3 is 14.5 Å². The number of nitrogens with zero attached hydrogens (tertiary/aromatic N) is 1. The molecule has 1 aromatic heterocycles. The highest BCUT2D eigenvalue weighted by Crippen LogP contribution is 2.38. The molecule has 0 unspecified atom stereocenters. The van der Waals surface area contributed by atoms with Crippen molar-refractivity contribution in [3.8, 4) is 28.7 Å². The van der Waals surface area contributed by atoms with Gasteiger partial charge in [0.05, 0.1) is 19.8 Å². The van der Waals surface area contributed by atoms with E-state index in [9.17, 15) is 5.26 Å². The Bertz CT molecular complexity index is 844. The lowest BCUT2D eigenvalue weighted by Gasteiger charge is -2.11. The molecular formula is C17H14N2O2. The number of hydrogen-bond donors (Lipinski definition) is 1. The summed E-state index contributed by atoms with van der Waals surface area (Å²) in [6, 6.07) is 13.9. The van der Waals surface area contributed by atoms with Gasteiger partial charge in [-0.3, -0.25) is 0 Å². The number of H-pyrrole nitrogens is 1. The molecule has 0 atom stereocenters. The first kappa shape index (κ1) is 13.1. The van der Waals surface area contributed by atoms with Crippen LogP contribution >= 0.6 is 0 Å².